The third-order valence-electron chi connectivity index (χ3n) is 1.85. The largest absolute Gasteiger partial charge is 0.392 e. The van der Waals surface area contributed by atoms with Gasteiger partial charge in [0.15, 0.2) is 0 Å². The molecule has 1 aliphatic rings. The summed E-state index contributed by atoms with van der Waals surface area (Å²) in [4.78, 5) is 0. The maximum atomic E-state index is 11.5. The fourth-order valence-corrected chi connectivity index (χ4v) is 2.76. The Morgan fingerprint density at radius 3 is 2.54 bits per heavy atom. The second-order valence-electron chi connectivity index (χ2n) is 3.58. The zero-order chi connectivity index (χ0) is 10.1. The molecule has 0 aromatic rings. The van der Waals surface area contributed by atoms with E-state index in [-0.39, 0.29) is 12.6 Å². The maximum Gasteiger partial charge on any atom is 0.279 e. The fourth-order valence-electron chi connectivity index (χ4n) is 1.30. The summed E-state index contributed by atoms with van der Waals surface area (Å²) >= 11 is 0. The molecule has 1 heterocycles. The summed E-state index contributed by atoms with van der Waals surface area (Å²) < 4.78 is 26.7. The van der Waals surface area contributed by atoms with Gasteiger partial charge in [0.05, 0.1) is 6.10 Å². The minimum atomic E-state index is -3.37. The van der Waals surface area contributed by atoms with Crippen LogP contribution in [0.1, 0.15) is 20.3 Å². The quantitative estimate of drug-likeness (QED) is 0.644. The van der Waals surface area contributed by atoms with Crippen molar-refractivity contribution in [3.63, 3.8) is 0 Å². The van der Waals surface area contributed by atoms with Crippen molar-refractivity contribution in [2.75, 3.05) is 13.1 Å². The Labute approximate surface area is 78.9 Å². The van der Waals surface area contributed by atoms with Crippen LogP contribution in [0.15, 0.2) is 0 Å². The van der Waals surface area contributed by atoms with Gasteiger partial charge in [-0.2, -0.15) is 17.4 Å². The Hall–Kier alpha value is -0.170. The second-order valence-corrected chi connectivity index (χ2v) is 5.28. The fraction of sp³-hybridized carbons (Fsp3) is 1.00. The number of β-amino-alcohol motifs (C(OH)–C–C–N with tert-alkyl or cyclic N) is 1. The highest BCUT2D eigenvalue weighted by Gasteiger charge is 2.30. The number of nitrogens with one attached hydrogen (secondary N) is 1. The zero-order valence-electron chi connectivity index (χ0n) is 7.90. The lowest BCUT2D eigenvalue weighted by molar-refractivity contribution is 0.189. The third-order valence-corrected chi connectivity index (χ3v) is 3.63. The number of aliphatic hydroxyl groups excluding tert-OH is 1. The first-order valence-corrected chi connectivity index (χ1v) is 5.81. The first-order valence-electron chi connectivity index (χ1n) is 4.37. The van der Waals surface area contributed by atoms with Crippen molar-refractivity contribution >= 4 is 10.2 Å². The molecule has 0 saturated carbocycles. The van der Waals surface area contributed by atoms with Gasteiger partial charge in [-0.05, 0) is 20.3 Å². The number of aliphatic hydroxyl groups is 1. The van der Waals surface area contributed by atoms with Crippen LogP contribution >= 0.6 is 0 Å². The Balaban J connectivity index is 2.60. The van der Waals surface area contributed by atoms with E-state index in [0.717, 1.165) is 0 Å². The van der Waals surface area contributed by atoms with Crippen LogP contribution in [0, 0.1) is 0 Å². The molecule has 0 amide bonds. The van der Waals surface area contributed by atoms with Crippen LogP contribution in [0.3, 0.4) is 0 Å². The lowest BCUT2D eigenvalue weighted by Crippen LogP contribution is -2.42. The Bertz CT molecular complexity index is 263. The van der Waals surface area contributed by atoms with Gasteiger partial charge in [-0.15, -0.1) is 0 Å². The highest BCUT2D eigenvalue weighted by atomic mass is 32.2. The second kappa shape index (κ2) is 3.91. The molecule has 1 aliphatic heterocycles. The van der Waals surface area contributed by atoms with Gasteiger partial charge < -0.3 is 5.11 Å². The summed E-state index contributed by atoms with van der Waals surface area (Å²) in [7, 11) is -3.37. The van der Waals surface area contributed by atoms with E-state index < -0.39 is 16.3 Å². The van der Waals surface area contributed by atoms with Crippen LogP contribution in [0.2, 0.25) is 0 Å². The number of hydrogen-bond donors (Lipinski definition) is 2. The molecule has 78 valence electrons. The van der Waals surface area contributed by atoms with Gasteiger partial charge in [0, 0.05) is 19.1 Å². The Morgan fingerprint density at radius 2 is 2.15 bits per heavy atom. The van der Waals surface area contributed by atoms with Gasteiger partial charge in [0.2, 0.25) is 0 Å². The first-order chi connectivity index (χ1) is 5.92. The molecule has 13 heavy (non-hydrogen) atoms. The smallest absolute Gasteiger partial charge is 0.279 e. The highest BCUT2D eigenvalue weighted by Crippen LogP contribution is 2.12. The normalized spacial score (nSPS) is 25.7. The van der Waals surface area contributed by atoms with Crippen LogP contribution in [0.4, 0.5) is 0 Å². The standard InChI is InChI=1S/C7H16N2O3S/c1-6(2)8-13(11,12)9-4-3-7(10)5-9/h6-8,10H,3-5H2,1-2H3/t7-/m1/s1. The van der Waals surface area contributed by atoms with Crippen molar-refractivity contribution in [3.8, 4) is 0 Å². The van der Waals surface area contributed by atoms with E-state index in [4.69, 9.17) is 5.11 Å². The molecular formula is C7H16N2O3S. The molecule has 1 atom stereocenters. The minimum Gasteiger partial charge on any atom is -0.392 e. The average molecular weight is 208 g/mol. The van der Waals surface area contributed by atoms with Crippen molar-refractivity contribution in [1.29, 1.82) is 0 Å². The topological polar surface area (TPSA) is 69.6 Å². The van der Waals surface area contributed by atoms with Crippen LogP contribution in [0.25, 0.3) is 0 Å². The number of rotatable bonds is 3. The number of nitrogens with zero attached hydrogens (tertiary/aromatic N) is 1. The molecule has 6 heteroatoms. The summed E-state index contributed by atoms with van der Waals surface area (Å²) in [5, 5.41) is 9.16. The van der Waals surface area contributed by atoms with E-state index in [1.165, 1.54) is 4.31 Å². The Kier molecular flexibility index (Phi) is 3.28. The van der Waals surface area contributed by atoms with Gasteiger partial charge in [0.25, 0.3) is 10.2 Å². The average Bonchev–Trinajstić information content (AvgIpc) is 2.32. The molecule has 0 radical (unpaired) electrons. The zero-order valence-corrected chi connectivity index (χ0v) is 8.71. The van der Waals surface area contributed by atoms with Crippen LogP contribution < -0.4 is 4.72 Å². The molecule has 2 N–H and O–H groups in total. The molecule has 1 rings (SSSR count). The van der Waals surface area contributed by atoms with Crippen molar-refractivity contribution in [2.24, 2.45) is 0 Å². The van der Waals surface area contributed by atoms with Crippen LogP contribution in [-0.2, 0) is 10.2 Å². The molecule has 1 fully saturated rings. The van der Waals surface area contributed by atoms with Crippen LogP contribution in [0.5, 0.6) is 0 Å². The lowest BCUT2D eigenvalue weighted by Gasteiger charge is -2.17. The van der Waals surface area contributed by atoms with Crippen molar-refractivity contribution < 1.29 is 13.5 Å². The van der Waals surface area contributed by atoms with Gasteiger partial charge in [-0.25, -0.2) is 0 Å². The Morgan fingerprint density at radius 1 is 1.54 bits per heavy atom. The van der Waals surface area contributed by atoms with E-state index in [0.29, 0.717) is 13.0 Å². The minimum absolute atomic E-state index is 0.109. The molecule has 1 saturated heterocycles. The summed E-state index contributed by atoms with van der Waals surface area (Å²) in [6.07, 6.45) is 0.0164. The monoisotopic (exact) mass is 208 g/mol. The summed E-state index contributed by atoms with van der Waals surface area (Å²) in [5.74, 6) is 0. The molecule has 0 aromatic heterocycles. The van der Waals surface area contributed by atoms with Crippen molar-refractivity contribution in [2.45, 2.75) is 32.4 Å². The lowest BCUT2D eigenvalue weighted by atomic mass is 10.3. The maximum absolute atomic E-state index is 11.5. The van der Waals surface area contributed by atoms with Gasteiger partial charge >= 0.3 is 0 Å². The van der Waals surface area contributed by atoms with E-state index in [2.05, 4.69) is 4.72 Å². The van der Waals surface area contributed by atoms with E-state index in [1.54, 1.807) is 13.8 Å². The molecule has 5 nitrogen and oxygen atoms in total. The SMILES string of the molecule is CC(C)NS(=O)(=O)N1CC[C@@H](O)C1. The van der Waals surface area contributed by atoms with Crippen LogP contribution in [-0.4, -0.2) is 43.1 Å². The van der Waals surface area contributed by atoms with Crippen molar-refractivity contribution in [1.82, 2.24) is 9.03 Å². The summed E-state index contributed by atoms with van der Waals surface area (Å²) in [5.41, 5.74) is 0. The first kappa shape index (κ1) is 10.9. The highest BCUT2D eigenvalue weighted by molar-refractivity contribution is 7.87. The molecule has 0 unspecified atom stereocenters. The summed E-state index contributed by atoms with van der Waals surface area (Å²) in [6.45, 7) is 4.15. The molecule has 0 aromatic carbocycles. The van der Waals surface area contributed by atoms with Gasteiger partial charge in [0.1, 0.15) is 0 Å². The van der Waals surface area contributed by atoms with E-state index in [1.807, 2.05) is 0 Å². The molecule has 0 aliphatic carbocycles. The summed E-state index contributed by atoms with van der Waals surface area (Å²) in [6, 6.07) is -0.109. The predicted octanol–water partition coefficient (Wildman–Crippen LogP) is -0.704. The number of hydrogen-bond acceptors (Lipinski definition) is 3. The third kappa shape index (κ3) is 2.91. The molecule has 0 spiro atoms. The van der Waals surface area contributed by atoms with E-state index in [9.17, 15) is 8.42 Å². The predicted molar refractivity (Wildman–Crippen MR) is 49.4 cm³/mol. The molecular weight excluding hydrogens is 192 g/mol. The van der Waals surface area contributed by atoms with Crippen molar-refractivity contribution in [3.05, 3.63) is 0 Å². The molecule has 0 bridgehead atoms. The van der Waals surface area contributed by atoms with E-state index >= 15 is 0 Å². The van der Waals surface area contributed by atoms with Gasteiger partial charge in [-0.3, -0.25) is 0 Å². The van der Waals surface area contributed by atoms with Gasteiger partial charge in [-0.1, -0.05) is 0 Å².